The van der Waals surface area contributed by atoms with Crippen molar-refractivity contribution in [3.63, 3.8) is 0 Å². The van der Waals surface area contributed by atoms with Gasteiger partial charge in [0.2, 0.25) is 0 Å². The minimum absolute atomic E-state index is 0. The minimum Gasteiger partial charge on any atom is -1.00 e. The van der Waals surface area contributed by atoms with Crippen LogP contribution in [0.1, 0.15) is 134 Å². The van der Waals surface area contributed by atoms with E-state index in [4.69, 9.17) is 18.9 Å². The molecule has 11 heteroatoms. The summed E-state index contributed by atoms with van der Waals surface area (Å²) in [6, 6.07) is 3.23. The van der Waals surface area contributed by atoms with Crippen molar-refractivity contribution < 1.29 is 61.9 Å². The van der Waals surface area contributed by atoms with Crippen LogP contribution in [0.4, 0.5) is 9.59 Å². The van der Waals surface area contributed by atoms with E-state index in [1.165, 1.54) is 70.6 Å². The van der Waals surface area contributed by atoms with E-state index in [2.05, 4.69) is 17.6 Å². The van der Waals surface area contributed by atoms with Crippen LogP contribution in [0.3, 0.4) is 0 Å². The lowest BCUT2D eigenvalue weighted by molar-refractivity contribution is -0.693. The number of aryl methyl sites for hydroxylation is 1. The fourth-order valence-electron chi connectivity index (χ4n) is 4.85. The van der Waals surface area contributed by atoms with E-state index in [-0.39, 0.29) is 55.7 Å². The predicted octanol–water partition coefficient (Wildman–Crippen LogP) is 4.23. The van der Waals surface area contributed by atoms with Crippen LogP contribution in [0.15, 0.2) is 24.5 Å². The normalized spacial score (nSPS) is 12.7. The van der Waals surface area contributed by atoms with Crippen molar-refractivity contribution in [1.29, 1.82) is 0 Å². The first-order valence-corrected chi connectivity index (χ1v) is 16.9. The molecule has 260 valence electrons. The van der Waals surface area contributed by atoms with Gasteiger partial charge in [-0.1, -0.05) is 97.3 Å². The van der Waals surface area contributed by atoms with Gasteiger partial charge in [-0.05, 0) is 26.3 Å². The van der Waals surface area contributed by atoms with Crippen LogP contribution < -0.4 is 39.2 Å². The average Bonchev–Trinajstić information content (AvgIpc) is 3.03. The number of hydrogen-bond acceptors (Lipinski definition) is 7. The van der Waals surface area contributed by atoms with Gasteiger partial charge in [0, 0.05) is 19.6 Å². The van der Waals surface area contributed by atoms with Crippen LogP contribution in [0.2, 0.25) is 0 Å². The fraction of sp³-hybridized carbons (Fsp3) is 0.765. The van der Waals surface area contributed by atoms with E-state index in [0.717, 1.165) is 25.8 Å². The molecule has 0 aliphatic carbocycles. The predicted molar refractivity (Wildman–Crippen MR) is 171 cm³/mol. The molecular formula is C34H60IN3O7. The Labute approximate surface area is 289 Å². The summed E-state index contributed by atoms with van der Waals surface area (Å²) in [5.41, 5.74) is 0.428. The second kappa shape index (κ2) is 28.1. The second-order valence-electron chi connectivity index (χ2n) is 11.4. The maximum absolute atomic E-state index is 12.6. The van der Waals surface area contributed by atoms with Crippen LogP contribution in [0.5, 0.6) is 0 Å². The number of ether oxygens (including phenoxy) is 4. The Balaban J connectivity index is 0.0000194. The number of carbonyl (C=O) groups excluding carboxylic acids is 3. The number of esters is 1. The Morgan fingerprint density at radius 1 is 0.844 bits per heavy atom. The van der Waals surface area contributed by atoms with Crippen molar-refractivity contribution in [1.82, 2.24) is 10.6 Å². The van der Waals surface area contributed by atoms with Gasteiger partial charge in [0.1, 0.15) is 18.7 Å². The topological polar surface area (TPSA) is 116 Å². The van der Waals surface area contributed by atoms with Gasteiger partial charge in [-0.15, -0.1) is 0 Å². The van der Waals surface area contributed by atoms with E-state index in [1.807, 2.05) is 24.6 Å². The summed E-state index contributed by atoms with van der Waals surface area (Å²) in [4.78, 5) is 37.0. The van der Waals surface area contributed by atoms with E-state index in [9.17, 15) is 14.4 Å². The molecule has 0 fully saturated rings. The molecule has 0 saturated heterocycles. The number of nitrogens with one attached hydrogen (secondary N) is 2. The van der Waals surface area contributed by atoms with Crippen LogP contribution in [0.25, 0.3) is 0 Å². The van der Waals surface area contributed by atoms with Crippen molar-refractivity contribution in [3.05, 3.63) is 30.1 Å². The molecule has 0 aromatic carbocycles. The molecule has 2 amide bonds. The summed E-state index contributed by atoms with van der Waals surface area (Å²) < 4.78 is 23.2. The third-order valence-electron chi connectivity index (χ3n) is 7.73. The van der Waals surface area contributed by atoms with Gasteiger partial charge in [-0.3, -0.25) is 0 Å². The summed E-state index contributed by atoms with van der Waals surface area (Å²) in [5.74, 6) is -0.479. The smallest absolute Gasteiger partial charge is 0.410 e. The Morgan fingerprint density at radius 3 is 1.98 bits per heavy atom. The molecule has 0 bridgehead atoms. The molecule has 0 aliphatic heterocycles. The molecular weight excluding hydrogens is 689 g/mol. The summed E-state index contributed by atoms with van der Waals surface area (Å²) in [6.07, 6.45) is 18.6. The summed E-state index contributed by atoms with van der Waals surface area (Å²) in [5, 5.41) is 5.39. The van der Waals surface area contributed by atoms with E-state index < -0.39 is 24.4 Å². The summed E-state index contributed by atoms with van der Waals surface area (Å²) >= 11 is 0. The van der Waals surface area contributed by atoms with Gasteiger partial charge in [0.05, 0.1) is 18.7 Å². The molecule has 1 heterocycles. The van der Waals surface area contributed by atoms with E-state index >= 15 is 0 Å². The van der Waals surface area contributed by atoms with Crippen molar-refractivity contribution >= 4 is 18.2 Å². The van der Waals surface area contributed by atoms with Crippen molar-refractivity contribution in [3.8, 4) is 0 Å². The monoisotopic (exact) mass is 749 g/mol. The van der Waals surface area contributed by atoms with Gasteiger partial charge in [0.15, 0.2) is 12.4 Å². The largest absolute Gasteiger partial charge is 1.00 e. The van der Waals surface area contributed by atoms with Gasteiger partial charge >= 0.3 is 18.2 Å². The molecule has 10 nitrogen and oxygen atoms in total. The Bertz CT molecular complexity index is 922. The molecule has 2 N–H and O–H groups in total. The summed E-state index contributed by atoms with van der Waals surface area (Å²) in [7, 11) is 1.62. The highest BCUT2D eigenvalue weighted by Gasteiger charge is 2.23. The van der Waals surface area contributed by atoms with Crippen molar-refractivity contribution in [2.24, 2.45) is 0 Å². The third-order valence-corrected chi connectivity index (χ3v) is 7.73. The highest BCUT2D eigenvalue weighted by molar-refractivity contribution is 5.88. The molecule has 45 heavy (non-hydrogen) atoms. The number of amides is 2. The quantitative estimate of drug-likeness (QED) is 0.0506. The zero-order valence-electron chi connectivity index (χ0n) is 28.5. The van der Waals surface area contributed by atoms with Crippen molar-refractivity contribution in [2.45, 2.75) is 149 Å². The first-order chi connectivity index (χ1) is 21.3. The SMILES string of the molecule is CCCCCCCCCCCCCCCC(NC(=O)OC(CC)OC(=O)NCCOC(=O)c1ccc[n+](CC)c1)C(C)OC.[I-]. The first kappa shape index (κ1) is 42.9. The zero-order valence-corrected chi connectivity index (χ0v) is 30.6. The number of aromatic nitrogens is 1. The highest BCUT2D eigenvalue weighted by atomic mass is 127. The summed E-state index contributed by atoms with van der Waals surface area (Å²) in [6.45, 7) is 8.66. The molecule has 3 unspecified atom stereocenters. The lowest BCUT2D eigenvalue weighted by Crippen LogP contribution is -3.00. The van der Waals surface area contributed by atoms with Gasteiger partial charge in [0.25, 0.3) is 6.29 Å². The number of pyridine rings is 1. The first-order valence-electron chi connectivity index (χ1n) is 16.9. The van der Waals surface area contributed by atoms with E-state index in [1.54, 1.807) is 32.4 Å². The zero-order chi connectivity index (χ0) is 32.4. The standard InChI is InChI=1S/C34H59N3O7.HI/c1-6-9-10-11-12-13-14-15-16-17-18-19-20-23-30(28(4)41-5)36-34(40)44-31(7-2)43-33(39)35-24-26-42-32(38)29-22-21-25-37(8-3)27-29;/h21-22,25,27-28,30-31H,6-20,23-24,26H2,1-5H3,(H-,35,36,39,40);1H. The second-order valence-corrected chi connectivity index (χ2v) is 11.4. The Hall–Kier alpha value is -2.15. The Morgan fingerprint density at radius 2 is 1.42 bits per heavy atom. The molecule has 1 aromatic heterocycles. The number of carbonyl (C=O) groups is 3. The van der Waals surface area contributed by atoms with Crippen LogP contribution in [-0.2, 0) is 25.5 Å². The molecule has 3 atom stereocenters. The number of unbranched alkanes of at least 4 members (excludes halogenated alkanes) is 12. The molecule has 0 saturated carbocycles. The number of nitrogens with zero attached hydrogens (tertiary/aromatic N) is 1. The molecule has 1 rings (SSSR count). The van der Waals surface area contributed by atoms with Crippen molar-refractivity contribution in [2.75, 3.05) is 20.3 Å². The molecule has 0 spiro atoms. The number of methoxy groups -OCH3 is 1. The number of rotatable bonds is 25. The van der Waals surface area contributed by atoms with E-state index in [0.29, 0.717) is 5.56 Å². The molecule has 0 radical (unpaired) electrons. The van der Waals surface area contributed by atoms with Gasteiger partial charge in [-0.25, -0.2) is 19.0 Å². The molecule has 0 aliphatic rings. The highest BCUT2D eigenvalue weighted by Crippen LogP contribution is 2.15. The number of halogens is 1. The van der Waals surface area contributed by atoms with Crippen LogP contribution >= 0.6 is 0 Å². The third kappa shape index (κ3) is 21.3. The fourth-order valence-corrected chi connectivity index (χ4v) is 4.85. The Kier molecular flexibility index (Phi) is 26.8. The lowest BCUT2D eigenvalue weighted by Gasteiger charge is -2.25. The van der Waals surface area contributed by atoms with Crippen LogP contribution in [0, 0.1) is 0 Å². The van der Waals surface area contributed by atoms with Crippen LogP contribution in [-0.4, -0.2) is 56.9 Å². The number of alkyl carbamates (subject to hydrolysis) is 2. The molecule has 1 aromatic rings. The average molecular weight is 750 g/mol. The maximum Gasteiger partial charge on any atom is 0.410 e. The minimum atomic E-state index is -1.05. The van der Waals surface area contributed by atoms with Gasteiger partial charge < -0.3 is 53.6 Å². The van der Waals surface area contributed by atoms with Gasteiger partial charge in [-0.2, -0.15) is 0 Å². The number of hydrogen-bond donors (Lipinski definition) is 2. The maximum atomic E-state index is 12.6. The lowest BCUT2D eigenvalue weighted by atomic mass is 10.0.